The van der Waals surface area contributed by atoms with Crippen molar-refractivity contribution in [2.24, 2.45) is 0 Å². The van der Waals surface area contributed by atoms with Gasteiger partial charge >= 0.3 is 0 Å². The third-order valence-corrected chi connectivity index (χ3v) is 10.8. The van der Waals surface area contributed by atoms with Gasteiger partial charge in [-0.1, -0.05) is 146 Å². The van der Waals surface area contributed by atoms with E-state index >= 15 is 0 Å². The first-order valence-electron chi connectivity index (χ1n) is 19.0. The Labute approximate surface area is 325 Å². The summed E-state index contributed by atoms with van der Waals surface area (Å²) in [5.74, 6) is 0.693. The van der Waals surface area contributed by atoms with Crippen molar-refractivity contribution < 1.29 is 0 Å². The molecule has 0 bridgehead atoms. The third-order valence-electron chi connectivity index (χ3n) is 10.8. The van der Waals surface area contributed by atoms with E-state index < -0.39 is 0 Å². The molecule has 0 aliphatic heterocycles. The summed E-state index contributed by atoms with van der Waals surface area (Å²) < 4.78 is 0. The molecular formula is C52H36N4. The van der Waals surface area contributed by atoms with Gasteiger partial charge < -0.3 is 0 Å². The lowest BCUT2D eigenvalue weighted by Crippen LogP contribution is -2.00. The smallest absolute Gasteiger partial charge is 0.160 e. The first-order chi connectivity index (χ1) is 27.6. The maximum Gasteiger partial charge on any atom is 0.160 e. The van der Waals surface area contributed by atoms with Gasteiger partial charge in [-0.25, -0.2) is 9.97 Å². The van der Waals surface area contributed by atoms with Crippen molar-refractivity contribution >= 4 is 32.7 Å². The van der Waals surface area contributed by atoms with Crippen LogP contribution in [0.3, 0.4) is 0 Å². The summed E-state index contributed by atoms with van der Waals surface area (Å²) in [7, 11) is 0. The van der Waals surface area contributed by atoms with Crippen LogP contribution in [0.25, 0.3) is 99.9 Å². The van der Waals surface area contributed by atoms with Crippen molar-refractivity contribution in [2.45, 2.75) is 13.8 Å². The van der Waals surface area contributed by atoms with Crippen LogP contribution in [-0.2, 0) is 0 Å². The zero-order valence-corrected chi connectivity index (χ0v) is 31.1. The Balaban J connectivity index is 1.21. The molecule has 0 fully saturated rings. The largest absolute Gasteiger partial charge is 0.256 e. The molecule has 56 heavy (non-hydrogen) atoms. The second-order valence-corrected chi connectivity index (χ2v) is 14.4. The Bertz CT molecular complexity index is 3090. The maximum atomic E-state index is 5.50. The Morgan fingerprint density at radius 3 is 1.48 bits per heavy atom. The van der Waals surface area contributed by atoms with Gasteiger partial charge in [-0.2, -0.15) is 0 Å². The van der Waals surface area contributed by atoms with E-state index in [-0.39, 0.29) is 0 Å². The lowest BCUT2D eigenvalue weighted by molar-refractivity contribution is 1.21. The fourth-order valence-electron chi connectivity index (χ4n) is 8.05. The molecule has 0 spiro atoms. The molecular weight excluding hydrogens is 681 g/mol. The second kappa shape index (κ2) is 13.8. The van der Waals surface area contributed by atoms with Crippen LogP contribution in [0.5, 0.6) is 0 Å². The molecule has 0 aliphatic rings. The number of rotatable bonds is 6. The van der Waals surface area contributed by atoms with E-state index in [4.69, 9.17) is 19.9 Å². The number of para-hydroxylation sites is 2. The molecule has 3 heterocycles. The van der Waals surface area contributed by atoms with Crippen LogP contribution in [0.1, 0.15) is 11.1 Å². The summed E-state index contributed by atoms with van der Waals surface area (Å²) in [4.78, 5) is 20.4. The molecule has 4 heteroatoms. The van der Waals surface area contributed by atoms with Gasteiger partial charge in [-0.15, -0.1) is 0 Å². The highest BCUT2D eigenvalue weighted by Crippen LogP contribution is 2.41. The van der Waals surface area contributed by atoms with Gasteiger partial charge in [-0.05, 0) is 77.1 Å². The van der Waals surface area contributed by atoms with E-state index in [1.165, 1.54) is 0 Å². The van der Waals surface area contributed by atoms with Crippen LogP contribution in [0.2, 0.25) is 0 Å². The molecule has 4 nitrogen and oxygen atoms in total. The predicted molar refractivity (Wildman–Crippen MR) is 232 cm³/mol. The first-order valence-corrected chi connectivity index (χ1v) is 19.0. The number of fused-ring (bicyclic) bond motifs is 3. The number of pyridine rings is 2. The Morgan fingerprint density at radius 1 is 0.339 bits per heavy atom. The number of nitrogens with zero attached hydrogens (tertiary/aromatic N) is 4. The summed E-state index contributed by atoms with van der Waals surface area (Å²) in [6.07, 6.45) is 3.72. The van der Waals surface area contributed by atoms with Crippen molar-refractivity contribution in [2.75, 3.05) is 0 Å². The Kier molecular flexibility index (Phi) is 8.23. The average molecular weight is 717 g/mol. The molecule has 7 aromatic carbocycles. The van der Waals surface area contributed by atoms with Crippen molar-refractivity contribution in [1.82, 2.24) is 19.9 Å². The Morgan fingerprint density at radius 2 is 0.893 bits per heavy atom. The van der Waals surface area contributed by atoms with Crippen LogP contribution >= 0.6 is 0 Å². The number of hydrogen-bond donors (Lipinski definition) is 0. The van der Waals surface area contributed by atoms with E-state index in [0.29, 0.717) is 5.82 Å². The molecule has 10 rings (SSSR count). The number of benzene rings is 7. The monoisotopic (exact) mass is 716 g/mol. The van der Waals surface area contributed by atoms with E-state index in [1.807, 2.05) is 24.5 Å². The Hall–Kier alpha value is -7.30. The topological polar surface area (TPSA) is 51.6 Å². The fraction of sp³-hybridized carbons (Fsp3) is 0.0385. The van der Waals surface area contributed by atoms with E-state index in [2.05, 4.69) is 172 Å². The molecule has 0 aliphatic carbocycles. The highest BCUT2D eigenvalue weighted by atomic mass is 14.9. The molecule has 0 saturated carbocycles. The molecule has 10 aromatic rings. The van der Waals surface area contributed by atoms with Gasteiger partial charge in [0.2, 0.25) is 0 Å². The van der Waals surface area contributed by atoms with Gasteiger partial charge in [0.15, 0.2) is 5.82 Å². The maximum absolute atomic E-state index is 5.50. The SMILES string of the molecule is Cc1cc(-c2cccc3cccnc23)ccc1-c1nc(-c2ccc(-c3cccc4cccnc34)cc2C)c2cc(-c3ccccc3)cc(-c3ccccc3)c2n1. The molecule has 0 amide bonds. The quantitative estimate of drug-likeness (QED) is 0.172. The minimum atomic E-state index is 0.693. The molecule has 0 unspecified atom stereocenters. The minimum absolute atomic E-state index is 0.693. The zero-order valence-electron chi connectivity index (χ0n) is 31.1. The molecule has 3 aromatic heterocycles. The van der Waals surface area contributed by atoms with Gasteiger partial charge in [0, 0.05) is 56.4 Å². The van der Waals surface area contributed by atoms with E-state index in [0.717, 1.165) is 105 Å². The zero-order chi connectivity index (χ0) is 37.6. The average Bonchev–Trinajstić information content (AvgIpc) is 3.26. The minimum Gasteiger partial charge on any atom is -0.256 e. The summed E-state index contributed by atoms with van der Waals surface area (Å²) in [6, 6.07) is 59.9. The summed E-state index contributed by atoms with van der Waals surface area (Å²) in [5, 5.41) is 3.25. The molecule has 264 valence electrons. The van der Waals surface area contributed by atoms with Gasteiger partial charge in [0.05, 0.1) is 22.2 Å². The molecule has 0 atom stereocenters. The summed E-state index contributed by atoms with van der Waals surface area (Å²) in [5.41, 5.74) is 17.0. The first kappa shape index (κ1) is 33.3. The second-order valence-electron chi connectivity index (χ2n) is 14.4. The fourth-order valence-corrected chi connectivity index (χ4v) is 8.05. The van der Waals surface area contributed by atoms with Gasteiger partial charge in [-0.3, -0.25) is 9.97 Å². The van der Waals surface area contributed by atoms with Crippen molar-refractivity contribution in [3.63, 3.8) is 0 Å². The van der Waals surface area contributed by atoms with Gasteiger partial charge in [0.25, 0.3) is 0 Å². The number of hydrogen-bond acceptors (Lipinski definition) is 4. The van der Waals surface area contributed by atoms with Crippen LogP contribution in [0.15, 0.2) is 182 Å². The third kappa shape index (κ3) is 5.89. The summed E-state index contributed by atoms with van der Waals surface area (Å²) >= 11 is 0. The predicted octanol–water partition coefficient (Wildman–Crippen LogP) is 13.3. The molecule has 0 radical (unpaired) electrons. The van der Waals surface area contributed by atoms with Crippen LogP contribution in [0.4, 0.5) is 0 Å². The lowest BCUT2D eigenvalue weighted by atomic mass is 9.91. The van der Waals surface area contributed by atoms with E-state index in [1.54, 1.807) is 0 Å². The normalized spacial score (nSPS) is 11.4. The van der Waals surface area contributed by atoms with Crippen molar-refractivity contribution in [3.05, 3.63) is 193 Å². The molecule has 0 N–H and O–H groups in total. The van der Waals surface area contributed by atoms with Crippen LogP contribution < -0.4 is 0 Å². The van der Waals surface area contributed by atoms with Crippen molar-refractivity contribution in [1.29, 1.82) is 0 Å². The van der Waals surface area contributed by atoms with Crippen molar-refractivity contribution in [3.8, 4) is 67.2 Å². The van der Waals surface area contributed by atoms with Crippen LogP contribution in [0, 0.1) is 13.8 Å². The van der Waals surface area contributed by atoms with Gasteiger partial charge in [0.1, 0.15) is 0 Å². The number of aryl methyl sites for hydroxylation is 2. The highest BCUT2D eigenvalue weighted by molar-refractivity contribution is 6.05. The molecule has 0 saturated heterocycles. The number of aromatic nitrogens is 4. The summed E-state index contributed by atoms with van der Waals surface area (Å²) in [6.45, 7) is 4.34. The van der Waals surface area contributed by atoms with Crippen LogP contribution in [-0.4, -0.2) is 19.9 Å². The highest BCUT2D eigenvalue weighted by Gasteiger charge is 2.20. The van der Waals surface area contributed by atoms with E-state index in [9.17, 15) is 0 Å². The lowest BCUT2D eigenvalue weighted by Gasteiger charge is -2.18. The standard InChI is InChI=1S/C52H36N4/c1-33-29-39(44-21-9-17-37-19-11-27-53-48(37)44)23-25-42(33)50-47-32-41(35-13-5-3-6-14-35)31-46(36-15-7-4-8-16-36)51(47)56-52(55-50)43-26-24-40(30-34(43)2)45-22-10-18-38-20-12-28-54-49(38)45/h3-32H,1-2H3.